The van der Waals surface area contributed by atoms with Crippen LogP contribution in [0.4, 0.5) is 0 Å². The minimum atomic E-state index is -0.157. The van der Waals surface area contributed by atoms with Gasteiger partial charge in [0.25, 0.3) is 5.91 Å². The summed E-state index contributed by atoms with van der Waals surface area (Å²) in [6, 6.07) is 8.08. The van der Waals surface area contributed by atoms with E-state index in [1.54, 1.807) is 20.3 Å². The molecule has 0 radical (unpaired) electrons. The highest BCUT2D eigenvalue weighted by atomic mass is 16.5. The summed E-state index contributed by atoms with van der Waals surface area (Å²) in [7, 11) is 3.32. The Morgan fingerprint density at radius 1 is 1.29 bits per heavy atom. The summed E-state index contributed by atoms with van der Waals surface area (Å²) < 4.78 is 16.3. The predicted octanol–water partition coefficient (Wildman–Crippen LogP) is 2.96. The summed E-state index contributed by atoms with van der Waals surface area (Å²) in [6.07, 6.45) is 4.23. The van der Waals surface area contributed by atoms with Gasteiger partial charge in [-0.3, -0.25) is 9.69 Å². The van der Waals surface area contributed by atoms with E-state index in [0.29, 0.717) is 11.8 Å². The van der Waals surface area contributed by atoms with Crippen molar-refractivity contribution in [1.29, 1.82) is 0 Å². The molecule has 1 aromatic carbocycles. The Morgan fingerprint density at radius 3 is 2.89 bits per heavy atom. The number of aromatic nitrogens is 1. The largest absolute Gasteiger partial charge is 0.493 e. The summed E-state index contributed by atoms with van der Waals surface area (Å²) >= 11 is 0. The number of nitrogens with zero attached hydrogens (tertiary/aromatic N) is 2. The molecule has 2 heterocycles. The first-order chi connectivity index (χ1) is 13.7. The maximum Gasteiger partial charge on any atom is 0.290 e. The lowest BCUT2D eigenvalue weighted by atomic mass is 9.94. The number of carbonyl (C=O) groups excluding carboxylic acids is 1. The van der Waals surface area contributed by atoms with Crippen molar-refractivity contribution >= 4 is 5.91 Å². The molecule has 1 saturated heterocycles. The van der Waals surface area contributed by atoms with Gasteiger partial charge in [0.05, 0.1) is 19.9 Å². The fourth-order valence-corrected chi connectivity index (χ4v) is 3.83. The van der Waals surface area contributed by atoms with Gasteiger partial charge in [0, 0.05) is 36.7 Å². The van der Waals surface area contributed by atoms with E-state index in [-0.39, 0.29) is 11.8 Å². The van der Waals surface area contributed by atoms with Crippen LogP contribution >= 0.6 is 0 Å². The molecule has 0 spiro atoms. The number of carbonyl (C=O) groups is 1. The molecule has 2 fully saturated rings. The molecule has 2 aliphatic rings. The minimum absolute atomic E-state index is 0.157. The average molecular weight is 385 g/mol. The maximum atomic E-state index is 12.1. The summed E-state index contributed by atoms with van der Waals surface area (Å²) in [6.45, 7) is 2.67. The number of piperidine rings is 1. The lowest BCUT2D eigenvalue weighted by molar-refractivity contribution is 0.0914. The Balaban J connectivity index is 1.42. The number of ether oxygens (including phenoxy) is 2. The van der Waals surface area contributed by atoms with E-state index >= 15 is 0 Å². The third-order valence-electron chi connectivity index (χ3n) is 5.47. The van der Waals surface area contributed by atoms with Crippen LogP contribution in [0.2, 0.25) is 0 Å². The molecule has 1 saturated carbocycles. The van der Waals surface area contributed by atoms with E-state index in [1.807, 2.05) is 12.1 Å². The van der Waals surface area contributed by atoms with Crippen molar-refractivity contribution in [1.82, 2.24) is 15.4 Å². The Morgan fingerprint density at radius 2 is 2.14 bits per heavy atom. The molecule has 1 amide bonds. The van der Waals surface area contributed by atoms with Gasteiger partial charge in [0.1, 0.15) is 0 Å². The quantitative estimate of drug-likeness (QED) is 0.790. The van der Waals surface area contributed by atoms with Crippen LogP contribution in [0.5, 0.6) is 11.5 Å². The smallest absolute Gasteiger partial charge is 0.290 e. The van der Waals surface area contributed by atoms with Crippen molar-refractivity contribution in [3.8, 4) is 11.5 Å². The molecule has 2 aromatic rings. The Labute approximate surface area is 165 Å². The van der Waals surface area contributed by atoms with Gasteiger partial charge in [-0.1, -0.05) is 17.3 Å². The third-order valence-corrected chi connectivity index (χ3v) is 5.47. The number of hydrogen-bond donors (Lipinski definition) is 1. The van der Waals surface area contributed by atoms with Crippen LogP contribution < -0.4 is 14.8 Å². The zero-order valence-corrected chi connectivity index (χ0v) is 16.4. The first-order valence-electron chi connectivity index (χ1n) is 9.87. The van der Waals surface area contributed by atoms with Gasteiger partial charge in [-0.25, -0.2) is 0 Å². The van der Waals surface area contributed by atoms with E-state index < -0.39 is 0 Å². The number of amides is 1. The molecule has 1 aliphatic heterocycles. The van der Waals surface area contributed by atoms with Gasteiger partial charge in [0.2, 0.25) is 5.76 Å². The SMILES string of the molecule is COc1cccc(CN2CCCC(c3cc(C(=O)NC4CC4)on3)C2)c1OC. The molecule has 0 bridgehead atoms. The van der Waals surface area contributed by atoms with Crippen LogP contribution in [0, 0.1) is 0 Å². The zero-order chi connectivity index (χ0) is 19.5. The number of para-hydroxylation sites is 1. The zero-order valence-electron chi connectivity index (χ0n) is 16.4. The second kappa shape index (κ2) is 8.22. The predicted molar refractivity (Wildman–Crippen MR) is 104 cm³/mol. The normalized spacial score (nSPS) is 20.0. The number of nitrogens with one attached hydrogen (secondary N) is 1. The second-order valence-corrected chi connectivity index (χ2v) is 7.59. The Bertz CT molecular complexity index is 831. The standard InChI is InChI=1S/C21H27N3O4/c1-26-18-7-3-5-15(20(18)27-2)13-24-10-4-6-14(12-24)17-11-19(28-23-17)21(25)22-16-8-9-16/h3,5,7,11,14,16H,4,6,8-10,12-13H2,1-2H3,(H,22,25). The molecule has 1 atom stereocenters. The minimum Gasteiger partial charge on any atom is -0.493 e. The maximum absolute atomic E-state index is 12.1. The van der Waals surface area contributed by atoms with Gasteiger partial charge in [-0.15, -0.1) is 0 Å². The second-order valence-electron chi connectivity index (χ2n) is 7.59. The summed E-state index contributed by atoms with van der Waals surface area (Å²) in [5.41, 5.74) is 1.97. The van der Waals surface area contributed by atoms with Crippen molar-refractivity contribution in [2.24, 2.45) is 0 Å². The van der Waals surface area contributed by atoms with Crippen molar-refractivity contribution in [2.45, 2.75) is 44.2 Å². The molecular formula is C21H27N3O4. The topological polar surface area (TPSA) is 76.8 Å². The van der Waals surface area contributed by atoms with Crippen LogP contribution in [0.25, 0.3) is 0 Å². The fourth-order valence-electron chi connectivity index (χ4n) is 3.83. The van der Waals surface area contributed by atoms with Gasteiger partial charge >= 0.3 is 0 Å². The lowest BCUT2D eigenvalue weighted by Crippen LogP contribution is -2.34. The summed E-state index contributed by atoms with van der Waals surface area (Å²) in [4.78, 5) is 14.5. The number of methoxy groups -OCH3 is 2. The van der Waals surface area contributed by atoms with Gasteiger partial charge in [0.15, 0.2) is 11.5 Å². The number of hydrogen-bond acceptors (Lipinski definition) is 6. The average Bonchev–Trinajstić information content (AvgIpc) is 3.39. The van der Waals surface area contributed by atoms with Crippen molar-refractivity contribution in [3.63, 3.8) is 0 Å². The van der Waals surface area contributed by atoms with Gasteiger partial charge in [-0.2, -0.15) is 0 Å². The molecule has 1 aliphatic carbocycles. The molecule has 7 nitrogen and oxygen atoms in total. The molecule has 7 heteroatoms. The van der Waals surface area contributed by atoms with Crippen LogP contribution in [0.1, 0.15) is 53.4 Å². The van der Waals surface area contributed by atoms with E-state index in [2.05, 4.69) is 21.4 Å². The van der Waals surface area contributed by atoms with Gasteiger partial charge < -0.3 is 19.3 Å². The van der Waals surface area contributed by atoms with E-state index in [0.717, 1.165) is 68.1 Å². The molecule has 1 N–H and O–H groups in total. The first-order valence-corrected chi connectivity index (χ1v) is 9.87. The van der Waals surface area contributed by atoms with Crippen LogP contribution in [-0.2, 0) is 6.54 Å². The number of rotatable bonds is 7. The van der Waals surface area contributed by atoms with Gasteiger partial charge in [-0.05, 0) is 38.3 Å². The van der Waals surface area contributed by atoms with E-state index in [9.17, 15) is 4.79 Å². The number of likely N-dealkylation sites (tertiary alicyclic amines) is 1. The highest BCUT2D eigenvalue weighted by molar-refractivity contribution is 5.91. The fraction of sp³-hybridized carbons (Fsp3) is 0.524. The molecule has 1 unspecified atom stereocenters. The summed E-state index contributed by atoms with van der Waals surface area (Å²) in [5, 5.41) is 7.13. The number of benzene rings is 1. The Kier molecular flexibility index (Phi) is 5.52. The van der Waals surface area contributed by atoms with Crippen LogP contribution in [-0.4, -0.2) is 49.3 Å². The highest BCUT2D eigenvalue weighted by Crippen LogP contribution is 2.33. The van der Waals surface area contributed by atoms with E-state index in [1.165, 1.54) is 0 Å². The first kappa shape index (κ1) is 18.8. The third kappa shape index (κ3) is 4.14. The highest BCUT2D eigenvalue weighted by Gasteiger charge is 2.28. The lowest BCUT2D eigenvalue weighted by Gasteiger charge is -2.32. The Hall–Kier alpha value is -2.54. The summed E-state index contributed by atoms with van der Waals surface area (Å²) in [5.74, 6) is 1.95. The van der Waals surface area contributed by atoms with Crippen LogP contribution in [0.15, 0.2) is 28.8 Å². The van der Waals surface area contributed by atoms with Crippen molar-refractivity contribution in [2.75, 3.05) is 27.3 Å². The monoisotopic (exact) mass is 385 g/mol. The van der Waals surface area contributed by atoms with Crippen molar-refractivity contribution < 1.29 is 18.8 Å². The molecule has 150 valence electrons. The molecular weight excluding hydrogens is 358 g/mol. The molecule has 28 heavy (non-hydrogen) atoms. The molecule has 4 rings (SSSR count). The van der Waals surface area contributed by atoms with E-state index in [4.69, 9.17) is 14.0 Å². The van der Waals surface area contributed by atoms with Crippen molar-refractivity contribution in [3.05, 3.63) is 41.3 Å². The van der Waals surface area contributed by atoms with Crippen LogP contribution in [0.3, 0.4) is 0 Å². The molecule has 1 aromatic heterocycles.